The van der Waals surface area contributed by atoms with Crippen LogP contribution in [0.15, 0.2) is 24.5 Å². The predicted octanol–water partition coefficient (Wildman–Crippen LogP) is 1.93. The van der Waals surface area contributed by atoms with Crippen molar-refractivity contribution in [1.29, 1.82) is 0 Å². The van der Waals surface area contributed by atoms with Gasteiger partial charge in [-0.15, -0.1) is 0 Å². The molecule has 0 aliphatic carbocycles. The van der Waals surface area contributed by atoms with Crippen molar-refractivity contribution in [2.75, 3.05) is 24.3 Å². The maximum atomic E-state index is 11.8. The van der Waals surface area contributed by atoms with Crippen molar-refractivity contribution in [2.24, 2.45) is 0 Å². The monoisotopic (exact) mass is 292 g/mol. The molecule has 0 saturated carbocycles. The van der Waals surface area contributed by atoms with Gasteiger partial charge in [0, 0.05) is 25.5 Å². The third-order valence-electron chi connectivity index (χ3n) is 2.88. The van der Waals surface area contributed by atoms with Gasteiger partial charge in [0.25, 0.3) is 0 Å². The van der Waals surface area contributed by atoms with Crippen LogP contribution < -0.4 is 10.6 Å². The Balaban J connectivity index is 2.31. The summed E-state index contributed by atoms with van der Waals surface area (Å²) in [6.45, 7) is 3.40. The fourth-order valence-corrected chi connectivity index (χ4v) is 2.70. The van der Waals surface area contributed by atoms with Crippen LogP contribution in [0.1, 0.15) is 22.8 Å². The van der Waals surface area contributed by atoms with Crippen molar-refractivity contribution >= 4 is 28.3 Å². The molecule has 0 radical (unpaired) electrons. The number of ether oxygens (including phenoxy) is 1. The minimum Gasteiger partial charge on any atom is -0.465 e. The van der Waals surface area contributed by atoms with Gasteiger partial charge in [-0.1, -0.05) is 0 Å². The fourth-order valence-electron chi connectivity index (χ4n) is 1.84. The Kier molecular flexibility index (Phi) is 4.52. The first-order valence-corrected chi connectivity index (χ1v) is 6.92. The lowest BCUT2D eigenvalue weighted by Gasteiger charge is -2.21. The van der Waals surface area contributed by atoms with E-state index in [1.54, 1.807) is 12.4 Å². The topological polar surface area (TPSA) is 81.3 Å². The van der Waals surface area contributed by atoms with E-state index >= 15 is 0 Å². The van der Waals surface area contributed by atoms with Crippen LogP contribution in [0, 0.1) is 0 Å². The Hall–Kier alpha value is -2.15. The third-order valence-corrected chi connectivity index (χ3v) is 3.80. The van der Waals surface area contributed by atoms with Gasteiger partial charge in [0.15, 0.2) is 5.82 Å². The van der Waals surface area contributed by atoms with Crippen LogP contribution in [0.25, 0.3) is 0 Å². The van der Waals surface area contributed by atoms with Crippen LogP contribution in [0.5, 0.6) is 0 Å². The number of nitrogen functional groups attached to an aromatic ring is 1. The minimum atomic E-state index is -0.459. The van der Waals surface area contributed by atoms with Crippen LogP contribution in [-0.2, 0) is 11.3 Å². The summed E-state index contributed by atoms with van der Waals surface area (Å²) < 4.78 is 8.83. The molecule has 2 rings (SSSR count). The number of aromatic nitrogens is 2. The number of rotatable bonds is 5. The number of esters is 1. The summed E-state index contributed by atoms with van der Waals surface area (Å²) in [6, 6.07) is 3.87. The first-order valence-electron chi connectivity index (χ1n) is 6.14. The maximum Gasteiger partial charge on any atom is 0.344 e. The fraction of sp³-hybridized carbons (Fsp3) is 0.308. The molecule has 0 fully saturated rings. The third kappa shape index (κ3) is 2.88. The molecule has 0 amide bonds. The predicted molar refractivity (Wildman–Crippen MR) is 78.8 cm³/mol. The molecule has 0 aliphatic rings. The molecule has 2 heterocycles. The zero-order valence-corrected chi connectivity index (χ0v) is 12.2. The zero-order chi connectivity index (χ0) is 14.5. The molecule has 0 spiro atoms. The summed E-state index contributed by atoms with van der Waals surface area (Å²) in [5.74, 6) is -0.246. The van der Waals surface area contributed by atoms with Crippen LogP contribution in [0.3, 0.4) is 0 Å². The molecule has 6 nitrogen and oxygen atoms in total. The second-order valence-electron chi connectivity index (χ2n) is 4.11. The maximum absolute atomic E-state index is 11.8. The average molecular weight is 292 g/mol. The first-order chi connectivity index (χ1) is 9.67. The smallest absolute Gasteiger partial charge is 0.344 e. The highest BCUT2D eigenvalue weighted by molar-refractivity contribution is 7.11. The van der Waals surface area contributed by atoms with Gasteiger partial charge < -0.3 is 15.4 Å². The van der Waals surface area contributed by atoms with Crippen LogP contribution in [-0.4, -0.2) is 29.0 Å². The van der Waals surface area contributed by atoms with Crippen molar-refractivity contribution in [3.8, 4) is 0 Å². The summed E-state index contributed by atoms with van der Waals surface area (Å²) in [5, 5.41) is 0.730. The van der Waals surface area contributed by atoms with Gasteiger partial charge in [-0.25, -0.2) is 4.79 Å². The Morgan fingerprint density at radius 2 is 2.15 bits per heavy atom. The molecule has 2 N–H and O–H groups in total. The van der Waals surface area contributed by atoms with Gasteiger partial charge in [0.05, 0.1) is 7.11 Å². The molecule has 7 heteroatoms. The number of hydrogen-bond acceptors (Lipinski definition) is 7. The van der Waals surface area contributed by atoms with Crippen LogP contribution in [0.2, 0.25) is 0 Å². The largest absolute Gasteiger partial charge is 0.465 e. The Morgan fingerprint density at radius 3 is 2.75 bits per heavy atom. The summed E-state index contributed by atoms with van der Waals surface area (Å²) in [5.41, 5.74) is 7.21. The summed E-state index contributed by atoms with van der Waals surface area (Å²) >= 11 is 1.21. The Labute approximate surface area is 121 Å². The molecule has 2 aromatic rings. The molecular formula is C13H16N4O2S. The SMILES string of the molecule is CCN(Cc1ccncc1)c1snc(N)c1C(=O)OC. The molecule has 0 unspecified atom stereocenters. The Morgan fingerprint density at radius 1 is 1.45 bits per heavy atom. The van der Waals surface area contributed by atoms with Crippen LogP contribution >= 0.6 is 11.5 Å². The van der Waals surface area contributed by atoms with Gasteiger partial charge in [-0.2, -0.15) is 4.37 Å². The van der Waals surface area contributed by atoms with E-state index in [-0.39, 0.29) is 5.82 Å². The molecule has 0 saturated heterocycles. The molecule has 2 aromatic heterocycles. The minimum absolute atomic E-state index is 0.213. The van der Waals surface area contributed by atoms with Crippen molar-refractivity contribution in [3.63, 3.8) is 0 Å². The van der Waals surface area contributed by atoms with Gasteiger partial charge in [0.2, 0.25) is 0 Å². The Bertz CT molecular complexity index is 585. The van der Waals surface area contributed by atoms with Crippen LogP contribution in [0.4, 0.5) is 10.8 Å². The van der Waals surface area contributed by atoms with Gasteiger partial charge in [-0.3, -0.25) is 4.98 Å². The number of carbonyl (C=O) groups excluding carboxylic acids is 1. The summed E-state index contributed by atoms with van der Waals surface area (Å²) in [6.07, 6.45) is 3.48. The van der Waals surface area contributed by atoms with E-state index in [1.807, 2.05) is 24.0 Å². The lowest BCUT2D eigenvalue weighted by atomic mass is 10.2. The number of methoxy groups -OCH3 is 1. The molecule has 0 aliphatic heterocycles. The molecule has 0 atom stereocenters. The number of hydrogen-bond donors (Lipinski definition) is 1. The van der Waals surface area contributed by atoms with Crippen molar-refractivity contribution in [3.05, 3.63) is 35.7 Å². The van der Waals surface area contributed by atoms with Gasteiger partial charge in [-0.05, 0) is 36.2 Å². The lowest BCUT2D eigenvalue weighted by Crippen LogP contribution is -2.23. The molecule has 0 aromatic carbocycles. The van der Waals surface area contributed by atoms with Crippen molar-refractivity contribution in [2.45, 2.75) is 13.5 Å². The molecule has 106 valence electrons. The quantitative estimate of drug-likeness (QED) is 0.848. The number of anilines is 2. The van der Waals surface area contributed by atoms with Crippen molar-refractivity contribution in [1.82, 2.24) is 9.36 Å². The summed E-state index contributed by atoms with van der Waals surface area (Å²) in [7, 11) is 1.34. The van der Waals surface area contributed by atoms with E-state index in [9.17, 15) is 4.79 Å². The first kappa shape index (κ1) is 14.3. The number of carbonyl (C=O) groups is 1. The van der Waals surface area contributed by atoms with E-state index in [1.165, 1.54) is 18.6 Å². The highest BCUT2D eigenvalue weighted by Crippen LogP contribution is 2.32. The van der Waals surface area contributed by atoms with E-state index in [0.29, 0.717) is 12.1 Å². The standard InChI is InChI=1S/C13H16N4O2S/c1-3-17(8-9-4-6-15-7-5-9)12-10(13(18)19-2)11(14)16-20-12/h4-7H,3,8H2,1-2H3,(H2,14,16). The molecule has 0 bridgehead atoms. The molecule has 20 heavy (non-hydrogen) atoms. The number of nitrogens with two attached hydrogens (primary N) is 1. The van der Waals surface area contributed by atoms with Gasteiger partial charge in [0.1, 0.15) is 10.6 Å². The van der Waals surface area contributed by atoms with E-state index < -0.39 is 5.97 Å². The van der Waals surface area contributed by atoms with Gasteiger partial charge >= 0.3 is 5.97 Å². The lowest BCUT2D eigenvalue weighted by molar-refractivity contribution is 0.0603. The summed E-state index contributed by atoms with van der Waals surface area (Å²) in [4.78, 5) is 17.8. The van der Waals surface area contributed by atoms with Crippen molar-refractivity contribution < 1.29 is 9.53 Å². The number of pyridine rings is 1. The number of nitrogens with zero attached hydrogens (tertiary/aromatic N) is 3. The highest BCUT2D eigenvalue weighted by atomic mass is 32.1. The van der Waals surface area contributed by atoms with E-state index in [4.69, 9.17) is 10.5 Å². The second-order valence-corrected chi connectivity index (χ2v) is 4.86. The van der Waals surface area contributed by atoms with E-state index in [2.05, 4.69) is 9.36 Å². The normalized spacial score (nSPS) is 10.3. The van der Waals surface area contributed by atoms with E-state index in [0.717, 1.165) is 17.1 Å². The second kappa shape index (κ2) is 6.33. The zero-order valence-electron chi connectivity index (χ0n) is 11.4. The molecular weight excluding hydrogens is 276 g/mol. The highest BCUT2D eigenvalue weighted by Gasteiger charge is 2.23. The average Bonchev–Trinajstić information content (AvgIpc) is 2.86.